The Balaban J connectivity index is 0.00000264. The third kappa shape index (κ3) is 6.12. The van der Waals surface area contributed by atoms with E-state index in [0.717, 1.165) is 6.07 Å². The van der Waals surface area contributed by atoms with Crippen LogP contribution < -0.4 is 5.73 Å². The van der Waals surface area contributed by atoms with Gasteiger partial charge in [0, 0.05) is 32.7 Å². The zero-order valence-corrected chi connectivity index (χ0v) is 14.9. The second-order valence-electron chi connectivity index (χ2n) is 5.59. The standard InChI is InChI=1S/C15H20F3N3O.2ClH/c1-11(19)14(22)21-7-5-20(6-8-21)10-12-3-2-4-13(9-12)15(16,17)18;;/h2-4,9,11H,5-8,10,19H2,1H3;2*1H/t11-;;/m1../s1. The molecule has 2 N–H and O–H groups in total. The molecule has 1 aromatic rings. The minimum atomic E-state index is -4.32. The summed E-state index contributed by atoms with van der Waals surface area (Å²) in [4.78, 5) is 15.5. The molecule has 0 aromatic heterocycles. The number of rotatable bonds is 3. The van der Waals surface area contributed by atoms with E-state index in [1.54, 1.807) is 17.9 Å². The van der Waals surface area contributed by atoms with Crippen LogP contribution >= 0.6 is 24.8 Å². The number of nitrogens with zero attached hydrogens (tertiary/aromatic N) is 2. The topological polar surface area (TPSA) is 49.6 Å². The highest BCUT2D eigenvalue weighted by molar-refractivity contribution is 5.85. The summed E-state index contributed by atoms with van der Waals surface area (Å²) in [5.74, 6) is -0.0845. The van der Waals surface area contributed by atoms with Gasteiger partial charge in [-0.2, -0.15) is 13.2 Å². The van der Waals surface area contributed by atoms with Crippen molar-refractivity contribution in [3.05, 3.63) is 35.4 Å². The molecule has 0 bridgehead atoms. The molecule has 1 saturated heterocycles. The van der Waals surface area contributed by atoms with Gasteiger partial charge < -0.3 is 10.6 Å². The molecule has 0 radical (unpaired) electrons. The first-order chi connectivity index (χ1) is 10.3. The molecule has 0 spiro atoms. The van der Waals surface area contributed by atoms with Gasteiger partial charge in [0.05, 0.1) is 11.6 Å². The normalized spacial score (nSPS) is 16.8. The molecule has 1 atom stereocenters. The van der Waals surface area contributed by atoms with Gasteiger partial charge in [-0.3, -0.25) is 9.69 Å². The number of hydrogen-bond acceptors (Lipinski definition) is 3. The number of amides is 1. The zero-order valence-electron chi connectivity index (χ0n) is 13.3. The smallest absolute Gasteiger partial charge is 0.339 e. The van der Waals surface area contributed by atoms with Gasteiger partial charge in [-0.1, -0.05) is 18.2 Å². The van der Waals surface area contributed by atoms with E-state index in [2.05, 4.69) is 0 Å². The van der Waals surface area contributed by atoms with Gasteiger partial charge in [-0.15, -0.1) is 24.8 Å². The molecular weight excluding hydrogens is 366 g/mol. The van der Waals surface area contributed by atoms with Crippen LogP contribution in [0.5, 0.6) is 0 Å². The molecular formula is C15H22Cl2F3N3O. The molecule has 0 aliphatic carbocycles. The number of hydrogen-bond donors (Lipinski definition) is 1. The van der Waals surface area contributed by atoms with Crippen LogP contribution in [0, 0.1) is 0 Å². The number of nitrogens with two attached hydrogens (primary N) is 1. The predicted molar refractivity (Wildman–Crippen MR) is 91.4 cm³/mol. The number of carbonyl (C=O) groups is 1. The number of alkyl halides is 3. The molecule has 1 aliphatic rings. The molecule has 1 aliphatic heterocycles. The van der Waals surface area contributed by atoms with Gasteiger partial charge in [0.2, 0.25) is 5.91 Å². The molecule has 0 unspecified atom stereocenters. The third-order valence-electron chi connectivity index (χ3n) is 3.73. The van der Waals surface area contributed by atoms with E-state index < -0.39 is 17.8 Å². The maximum absolute atomic E-state index is 12.7. The first-order valence-corrected chi connectivity index (χ1v) is 7.20. The molecule has 2 rings (SSSR count). The van der Waals surface area contributed by atoms with Crippen molar-refractivity contribution in [2.45, 2.75) is 25.7 Å². The largest absolute Gasteiger partial charge is 0.416 e. The quantitative estimate of drug-likeness (QED) is 0.866. The van der Waals surface area contributed by atoms with Crippen molar-refractivity contribution in [2.24, 2.45) is 5.73 Å². The van der Waals surface area contributed by atoms with Gasteiger partial charge in [0.1, 0.15) is 0 Å². The molecule has 138 valence electrons. The maximum Gasteiger partial charge on any atom is 0.416 e. The van der Waals surface area contributed by atoms with Crippen LogP contribution in [0.15, 0.2) is 24.3 Å². The first kappa shape index (κ1) is 23.0. The van der Waals surface area contributed by atoms with Crippen molar-refractivity contribution >= 4 is 30.7 Å². The summed E-state index contributed by atoms with van der Waals surface area (Å²) in [5.41, 5.74) is 5.57. The lowest BCUT2D eigenvalue weighted by atomic mass is 10.1. The van der Waals surface area contributed by atoms with Crippen molar-refractivity contribution in [1.82, 2.24) is 9.80 Å². The summed E-state index contributed by atoms with van der Waals surface area (Å²) in [6.45, 7) is 4.48. The average Bonchev–Trinajstić information content (AvgIpc) is 2.46. The van der Waals surface area contributed by atoms with Gasteiger partial charge >= 0.3 is 6.18 Å². The van der Waals surface area contributed by atoms with Crippen LogP contribution in [0.1, 0.15) is 18.1 Å². The zero-order chi connectivity index (χ0) is 16.3. The monoisotopic (exact) mass is 387 g/mol. The van der Waals surface area contributed by atoms with E-state index in [-0.39, 0.29) is 30.7 Å². The Morgan fingerprint density at radius 3 is 2.29 bits per heavy atom. The molecule has 1 fully saturated rings. The summed E-state index contributed by atoms with van der Waals surface area (Å²) >= 11 is 0. The van der Waals surface area contributed by atoms with E-state index in [0.29, 0.717) is 38.3 Å². The molecule has 9 heteroatoms. The highest BCUT2D eigenvalue weighted by atomic mass is 35.5. The molecule has 1 aromatic carbocycles. The Hall–Kier alpha value is -1.02. The van der Waals surface area contributed by atoms with Gasteiger partial charge in [-0.25, -0.2) is 0 Å². The Labute approximate surface area is 152 Å². The second kappa shape index (κ2) is 9.46. The number of piperazine rings is 1. The SMILES string of the molecule is C[C@@H](N)C(=O)N1CCN(Cc2cccc(C(F)(F)F)c2)CC1.Cl.Cl. The number of halogens is 5. The van der Waals surface area contributed by atoms with Crippen molar-refractivity contribution in [3.63, 3.8) is 0 Å². The van der Waals surface area contributed by atoms with Crippen LogP contribution in [-0.4, -0.2) is 47.9 Å². The maximum atomic E-state index is 12.7. The lowest BCUT2D eigenvalue weighted by Gasteiger charge is -2.35. The Morgan fingerprint density at radius 2 is 1.79 bits per heavy atom. The fraction of sp³-hybridized carbons (Fsp3) is 0.533. The van der Waals surface area contributed by atoms with E-state index in [1.165, 1.54) is 12.1 Å². The molecule has 1 amide bonds. The van der Waals surface area contributed by atoms with Crippen LogP contribution in [0.4, 0.5) is 13.2 Å². The summed E-state index contributed by atoms with van der Waals surface area (Å²) in [5, 5.41) is 0. The van der Waals surface area contributed by atoms with Crippen molar-refractivity contribution in [1.29, 1.82) is 0 Å². The Bertz CT molecular complexity index is 533. The third-order valence-corrected chi connectivity index (χ3v) is 3.73. The highest BCUT2D eigenvalue weighted by Crippen LogP contribution is 2.29. The van der Waals surface area contributed by atoms with Crippen molar-refractivity contribution < 1.29 is 18.0 Å². The van der Waals surface area contributed by atoms with Crippen LogP contribution in [0.3, 0.4) is 0 Å². The summed E-state index contributed by atoms with van der Waals surface area (Å²) in [6.07, 6.45) is -4.32. The molecule has 0 saturated carbocycles. The lowest BCUT2D eigenvalue weighted by Crippen LogP contribution is -2.52. The van der Waals surface area contributed by atoms with Crippen LogP contribution in [-0.2, 0) is 17.5 Å². The van der Waals surface area contributed by atoms with Gasteiger partial charge in [-0.05, 0) is 18.6 Å². The number of benzene rings is 1. The fourth-order valence-electron chi connectivity index (χ4n) is 2.52. The van der Waals surface area contributed by atoms with Crippen molar-refractivity contribution in [2.75, 3.05) is 26.2 Å². The molecule has 4 nitrogen and oxygen atoms in total. The van der Waals surface area contributed by atoms with E-state index >= 15 is 0 Å². The molecule has 1 heterocycles. The number of carbonyl (C=O) groups excluding carboxylic acids is 1. The van der Waals surface area contributed by atoms with Crippen molar-refractivity contribution in [3.8, 4) is 0 Å². The highest BCUT2D eigenvalue weighted by Gasteiger charge is 2.30. The van der Waals surface area contributed by atoms with Gasteiger partial charge in [0.25, 0.3) is 0 Å². The van der Waals surface area contributed by atoms with Crippen LogP contribution in [0.25, 0.3) is 0 Å². The fourth-order valence-corrected chi connectivity index (χ4v) is 2.52. The Kier molecular flexibility index (Phi) is 9.06. The molecule has 24 heavy (non-hydrogen) atoms. The first-order valence-electron chi connectivity index (χ1n) is 7.20. The summed E-state index contributed by atoms with van der Waals surface area (Å²) in [7, 11) is 0. The predicted octanol–water partition coefficient (Wildman–Crippen LogP) is 2.54. The minimum Gasteiger partial charge on any atom is -0.339 e. The minimum absolute atomic E-state index is 0. The van der Waals surface area contributed by atoms with E-state index in [4.69, 9.17) is 5.73 Å². The van der Waals surface area contributed by atoms with E-state index in [1.807, 2.05) is 4.90 Å². The van der Waals surface area contributed by atoms with Crippen LogP contribution in [0.2, 0.25) is 0 Å². The summed E-state index contributed by atoms with van der Waals surface area (Å²) < 4.78 is 38.1. The van der Waals surface area contributed by atoms with E-state index in [9.17, 15) is 18.0 Å². The Morgan fingerprint density at radius 1 is 1.21 bits per heavy atom. The second-order valence-corrected chi connectivity index (χ2v) is 5.59. The average molecular weight is 388 g/mol. The summed E-state index contributed by atoms with van der Waals surface area (Å²) in [6, 6.07) is 4.85. The van der Waals surface area contributed by atoms with Gasteiger partial charge in [0.15, 0.2) is 0 Å². The lowest BCUT2D eigenvalue weighted by molar-refractivity contribution is -0.137.